The van der Waals surface area contributed by atoms with Gasteiger partial charge in [-0.25, -0.2) is 8.42 Å². The Morgan fingerprint density at radius 3 is 2.39 bits per heavy atom. The number of carbonyl (C=O) groups excluding carboxylic acids is 1. The Kier molecular flexibility index (Phi) is 8.60. The van der Waals surface area contributed by atoms with Gasteiger partial charge in [0.15, 0.2) is 0 Å². The first kappa shape index (κ1) is 28.3. The summed E-state index contributed by atoms with van der Waals surface area (Å²) in [4.78, 5) is 17.0. The summed E-state index contributed by atoms with van der Waals surface area (Å²) in [6.07, 6.45) is 2.37. The number of carbonyl (C=O) groups is 1. The molecule has 1 amide bonds. The van der Waals surface area contributed by atoms with E-state index in [-0.39, 0.29) is 36.4 Å². The van der Waals surface area contributed by atoms with Crippen molar-refractivity contribution >= 4 is 33.3 Å². The first-order valence-corrected chi connectivity index (χ1v) is 15.5. The third-order valence-electron chi connectivity index (χ3n) is 6.85. The summed E-state index contributed by atoms with van der Waals surface area (Å²) < 4.78 is 28.1. The fraction of sp³-hybridized carbons (Fsp3) is 0.387. The molecule has 5 nitrogen and oxygen atoms in total. The summed E-state index contributed by atoms with van der Waals surface area (Å²) in [5.74, 6) is -0.0997. The summed E-state index contributed by atoms with van der Waals surface area (Å²) in [7, 11) is -3.80. The van der Waals surface area contributed by atoms with Gasteiger partial charge < -0.3 is 4.90 Å². The second kappa shape index (κ2) is 11.6. The van der Waals surface area contributed by atoms with Gasteiger partial charge in [0, 0.05) is 23.4 Å². The molecule has 0 radical (unpaired) electrons. The second-order valence-electron chi connectivity index (χ2n) is 11.4. The van der Waals surface area contributed by atoms with Crippen LogP contribution in [-0.2, 0) is 26.7 Å². The van der Waals surface area contributed by atoms with Crippen molar-refractivity contribution in [3.05, 3.63) is 98.6 Å². The number of thiophene rings is 1. The molecule has 3 aromatic rings. The van der Waals surface area contributed by atoms with E-state index in [9.17, 15) is 13.2 Å². The molecule has 2 aromatic carbocycles. The summed E-state index contributed by atoms with van der Waals surface area (Å²) in [5, 5.41) is 3.30. The van der Waals surface area contributed by atoms with Crippen molar-refractivity contribution in [3.8, 4) is 0 Å². The maximum atomic E-state index is 13.9. The number of hydrogen-bond acceptors (Lipinski definition) is 4. The van der Waals surface area contributed by atoms with Crippen LogP contribution in [0.15, 0.2) is 71.5 Å². The molecule has 4 rings (SSSR count). The summed E-state index contributed by atoms with van der Waals surface area (Å²) >= 11 is 1.72. The van der Waals surface area contributed by atoms with Crippen LogP contribution in [0.2, 0.25) is 0 Å². The van der Waals surface area contributed by atoms with Gasteiger partial charge in [-0.2, -0.15) is 4.31 Å². The van der Waals surface area contributed by atoms with E-state index in [0.717, 1.165) is 23.1 Å². The molecular weight excluding hydrogens is 512 g/mol. The average Bonchev–Trinajstić information content (AvgIpc) is 3.35. The van der Waals surface area contributed by atoms with Gasteiger partial charge in [-0.3, -0.25) is 4.79 Å². The SMILES string of the molecule is CC(C)CN(CC(=O)N1CCc2sccc2C1c1ccc(C(C)(C)C)cc1)S(=O)(=O)C=Cc1ccccc1. The molecule has 0 aliphatic carbocycles. The van der Waals surface area contributed by atoms with Gasteiger partial charge in [0.1, 0.15) is 0 Å². The molecule has 0 fully saturated rings. The van der Waals surface area contributed by atoms with Crippen molar-refractivity contribution < 1.29 is 13.2 Å². The van der Waals surface area contributed by atoms with E-state index in [1.807, 2.05) is 49.1 Å². The molecule has 0 N–H and O–H groups in total. The second-order valence-corrected chi connectivity index (χ2v) is 14.2. The molecule has 0 saturated carbocycles. The first-order chi connectivity index (χ1) is 18.0. The van der Waals surface area contributed by atoms with Crippen LogP contribution in [-0.4, -0.2) is 43.2 Å². The lowest BCUT2D eigenvalue weighted by atomic mass is 9.85. The number of hydrogen-bond donors (Lipinski definition) is 0. The van der Waals surface area contributed by atoms with E-state index < -0.39 is 10.0 Å². The highest BCUT2D eigenvalue weighted by molar-refractivity contribution is 7.92. The Hall–Kier alpha value is -2.74. The van der Waals surface area contributed by atoms with E-state index in [1.54, 1.807) is 17.4 Å². The molecule has 1 aliphatic heterocycles. The first-order valence-electron chi connectivity index (χ1n) is 13.1. The number of nitrogens with zero attached hydrogens (tertiary/aromatic N) is 2. The van der Waals surface area contributed by atoms with Crippen LogP contribution in [0.25, 0.3) is 6.08 Å². The molecule has 1 atom stereocenters. The summed E-state index contributed by atoms with van der Waals surface area (Å²) in [6.45, 7) is 11.1. The van der Waals surface area contributed by atoms with Crippen LogP contribution in [0.3, 0.4) is 0 Å². The topological polar surface area (TPSA) is 57.7 Å². The number of fused-ring (bicyclic) bond motifs is 1. The third kappa shape index (κ3) is 6.63. The Labute approximate surface area is 231 Å². The van der Waals surface area contributed by atoms with E-state index in [0.29, 0.717) is 6.54 Å². The fourth-order valence-corrected chi connectivity index (χ4v) is 7.03. The Morgan fingerprint density at radius 1 is 1.08 bits per heavy atom. The number of rotatable bonds is 8. The zero-order valence-corrected chi connectivity index (χ0v) is 24.6. The van der Waals surface area contributed by atoms with Crippen molar-refractivity contribution in [1.82, 2.24) is 9.21 Å². The van der Waals surface area contributed by atoms with E-state index in [2.05, 4.69) is 56.5 Å². The Balaban J connectivity index is 1.62. The Morgan fingerprint density at radius 2 is 1.76 bits per heavy atom. The molecule has 202 valence electrons. The van der Waals surface area contributed by atoms with Gasteiger partial charge in [-0.1, -0.05) is 89.2 Å². The molecule has 1 aliphatic rings. The zero-order chi connectivity index (χ0) is 27.5. The fourth-order valence-electron chi connectivity index (χ4n) is 4.83. The van der Waals surface area contributed by atoms with Crippen molar-refractivity contribution in [2.24, 2.45) is 5.92 Å². The van der Waals surface area contributed by atoms with Crippen LogP contribution < -0.4 is 0 Å². The maximum Gasteiger partial charge on any atom is 0.238 e. The summed E-state index contributed by atoms with van der Waals surface area (Å²) in [5.41, 5.74) is 4.26. The minimum Gasteiger partial charge on any atom is -0.330 e. The molecule has 2 heterocycles. The lowest BCUT2D eigenvalue weighted by Crippen LogP contribution is -2.47. The minimum absolute atomic E-state index is 0.0348. The monoisotopic (exact) mass is 550 g/mol. The van der Waals surface area contributed by atoms with Crippen molar-refractivity contribution in [3.63, 3.8) is 0 Å². The predicted octanol–water partition coefficient (Wildman–Crippen LogP) is 6.48. The normalized spacial score (nSPS) is 16.4. The molecule has 1 unspecified atom stereocenters. The number of amides is 1. The molecule has 0 bridgehead atoms. The van der Waals surface area contributed by atoms with E-state index in [4.69, 9.17) is 0 Å². The highest BCUT2D eigenvalue weighted by atomic mass is 32.2. The van der Waals surface area contributed by atoms with Gasteiger partial charge in [0.25, 0.3) is 0 Å². The quantitative estimate of drug-likeness (QED) is 0.323. The van der Waals surface area contributed by atoms with E-state index >= 15 is 0 Å². The van der Waals surface area contributed by atoms with Crippen molar-refractivity contribution in [2.45, 2.75) is 52.5 Å². The van der Waals surface area contributed by atoms with Gasteiger partial charge in [-0.05, 0) is 57.5 Å². The highest BCUT2D eigenvalue weighted by Gasteiger charge is 2.35. The molecular formula is C31H38N2O3S2. The van der Waals surface area contributed by atoms with Gasteiger partial charge in [0.2, 0.25) is 15.9 Å². The largest absolute Gasteiger partial charge is 0.330 e. The zero-order valence-electron chi connectivity index (χ0n) is 22.9. The minimum atomic E-state index is -3.80. The molecule has 38 heavy (non-hydrogen) atoms. The summed E-state index contributed by atoms with van der Waals surface area (Å²) in [6, 6.07) is 19.7. The van der Waals surface area contributed by atoms with Crippen LogP contribution in [0.4, 0.5) is 0 Å². The van der Waals surface area contributed by atoms with Crippen LogP contribution >= 0.6 is 11.3 Å². The Bertz CT molecular complexity index is 1370. The highest BCUT2D eigenvalue weighted by Crippen LogP contribution is 2.38. The van der Waals surface area contributed by atoms with Gasteiger partial charge in [-0.15, -0.1) is 11.3 Å². The van der Waals surface area contributed by atoms with Crippen LogP contribution in [0.5, 0.6) is 0 Å². The number of benzene rings is 2. The predicted molar refractivity (Wildman–Crippen MR) is 158 cm³/mol. The maximum absolute atomic E-state index is 13.9. The molecule has 1 aromatic heterocycles. The standard InChI is InChI=1S/C31H38N2O3S2/c1-23(2)21-32(38(35,36)20-17-24-9-7-6-8-10-24)22-29(34)33-18-15-28-27(16-19-37-28)30(33)25-11-13-26(14-12-25)31(3,4)5/h6-14,16-17,19-20,23,30H,15,18,21-22H2,1-5H3. The van der Waals surface area contributed by atoms with Crippen LogP contribution in [0, 0.1) is 5.92 Å². The smallest absolute Gasteiger partial charge is 0.238 e. The van der Waals surface area contributed by atoms with Crippen LogP contribution in [0.1, 0.15) is 67.8 Å². The van der Waals surface area contributed by atoms with Crippen molar-refractivity contribution in [2.75, 3.05) is 19.6 Å². The lowest BCUT2D eigenvalue weighted by molar-refractivity contribution is -0.133. The third-order valence-corrected chi connectivity index (χ3v) is 9.33. The molecule has 7 heteroatoms. The van der Waals surface area contributed by atoms with Crippen molar-refractivity contribution in [1.29, 1.82) is 0 Å². The van der Waals surface area contributed by atoms with E-state index in [1.165, 1.54) is 20.2 Å². The molecule has 0 saturated heterocycles. The number of sulfonamides is 1. The molecule has 0 spiro atoms. The average molecular weight is 551 g/mol. The van der Waals surface area contributed by atoms with Gasteiger partial charge in [0.05, 0.1) is 12.6 Å². The van der Waals surface area contributed by atoms with Gasteiger partial charge >= 0.3 is 0 Å². The lowest BCUT2D eigenvalue weighted by Gasteiger charge is -2.37.